The lowest BCUT2D eigenvalue weighted by molar-refractivity contribution is -0.120. The number of aromatic nitrogens is 3. The lowest BCUT2D eigenvalue weighted by Gasteiger charge is -2.14. The Morgan fingerprint density at radius 1 is 1.07 bits per heavy atom. The van der Waals surface area contributed by atoms with Crippen LogP contribution in [0.15, 0.2) is 93.9 Å². The largest absolute Gasteiger partial charge is 0.462 e. The van der Waals surface area contributed by atoms with Crippen molar-refractivity contribution < 1.29 is 23.5 Å². The molecular formula is C31H24ClN5O6. The first-order valence-electron chi connectivity index (χ1n) is 13.0. The highest BCUT2D eigenvalue weighted by Crippen LogP contribution is 2.22. The van der Waals surface area contributed by atoms with Crippen molar-refractivity contribution in [3.8, 4) is 11.4 Å². The average Bonchev–Trinajstić information content (AvgIpc) is 3.44. The molecule has 43 heavy (non-hydrogen) atoms. The van der Waals surface area contributed by atoms with Crippen LogP contribution in [0.1, 0.15) is 33.5 Å². The second-order valence-electron chi connectivity index (χ2n) is 9.20. The number of ketones is 1. The first kappa shape index (κ1) is 29.0. The molecule has 0 saturated carbocycles. The van der Waals surface area contributed by atoms with E-state index < -0.39 is 29.8 Å². The van der Waals surface area contributed by atoms with Crippen molar-refractivity contribution in [2.24, 2.45) is 0 Å². The van der Waals surface area contributed by atoms with Crippen molar-refractivity contribution in [3.63, 3.8) is 0 Å². The fourth-order valence-electron chi connectivity index (χ4n) is 4.17. The van der Waals surface area contributed by atoms with Gasteiger partial charge in [0.15, 0.2) is 5.58 Å². The number of fused-ring (bicyclic) bond motifs is 1. The van der Waals surface area contributed by atoms with E-state index in [0.717, 1.165) is 4.57 Å². The van der Waals surface area contributed by atoms with E-state index in [9.17, 15) is 19.2 Å². The van der Waals surface area contributed by atoms with Crippen molar-refractivity contribution in [1.82, 2.24) is 19.9 Å². The second-order valence-corrected chi connectivity index (χ2v) is 9.64. The minimum absolute atomic E-state index is 0.157. The van der Waals surface area contributed by atoms with Gasteiger partial charge in [-0.15, -0.1) is 0 Å². The van der Waals surface area contributed by atoms with Gasteiger partial charge in [-0.3, -0.25) is 19.0 Å². The predicted molar refractivity (Wildman–Crippen MR) is 160 cm³/mol. The van der Waals surface area contributed by atoms with E-state index in [-0.39, 0.29) is 46.4 Å². The molecular weight excluding hydrogens is 574 g/mol. The molecule has 5 rings (SSSR count). The first-order valence-corrected chi connectivity index (χ1v) is 13.4. The summed E-state index contributed by atoms with van der Waals surface area (Å²) in [4.78, 5) is 60.6. The van der Waals surface area contributed by atoms with Crippen LogP contribution in [0.2, 0.25) is 5.02 Å². The smallest absolute Gasteiger partial charge is 0.338 e. The van der Waals surface area contributed by atoms with E-state index in [2.05, 4.69) is 15.3 Å². The zero-order valence-corrected chi connectivity index (χ0v) is 23.5. The van der Waals surface area contributed by atoms with Crippen molar-refractivity contribution in [1.29, 1.82) is 0 Å². The number of rotatable bonds is 9. The van der Waals surface area contributed by atoms with Gasteiger partial charge in [0.25, 0.3) is 17.2 Å². The number of nitrogens with one attached hydrogen (secondary N) is 1. The summed E-state index contributed by atoms with van der Waals surface area (Å²) in [5, 5.41) is 3.07. The van der Waals surface area contributed by atoms with Crippen LogP contribution in [-0.2, 0) is 16.1 Å². The molecule has 1 amide bonds. The Bertz CT molecular complexity index is 1930. The molecule has 0 saturated heterocycles. The number of carbonyl (C=O) groups is 3. The fraction of sp³-hybridized carbons (Fsp3) is 0.0968. The number of nitrogens with two attached hydrogens (primary N) is 1. The number of nitrogens with zero attached hydrogens (tertiary/aromatic N) is 3. The summed E-state index contributed by atoms with van der Waals surface area (Å²) in [5.41, 5.74) is 6.75. The SMILES string of the molecule is CCOC(=O)c1ccc2oc(C(=O)C(=Cc3ccccc3)NC(=O)Cn3c(-c4ccc(Cl)cc4)ncc(N)c3=O)nc2c1. The molecule has 0 aliphatic heterocycles. The molecule has 0 aliphatic carbocycles. The van der Waals surface area contributed by atoms with Crippen LogP contribution in [0.5, 0.6) is 0 Å². The third-order valence-electron chi connectivity index (χ3n) is 6.20. The summed E-state index contributed by atoms with van der Waals surface area (Å²) in [5.74, 6) is -2.12. The molecule has 11 nitrogen and oxygen atoms in total. The van der Waals surface area contributed by atoms with Gasteiger partial charge in [-0.2, -0.15) is 0 Å². The number of allylic oxidation sites excluding steroid dienone is 1. The lowest BCUT2D eigenvalue weighted by atomic mass is 10.1. The van der Waals surface area contributed by atoms with Gasteiger partial charge in [0.1, 0.15) is 23.6 Å². The Balaban J connectivity index is 1.47. The quantitative estimate of drug-likeness (QED) is 0.142. The van der Waals surface area contributed by atoms with Crippen molar-refractivity contribution in [2.45, 2.75) is 13.5 Å². The van der Waals surface area contributed by atoms with E-state index in [0.29, 0.717) is 16.1 Å². The van der Waals surface area contributed by atoms with Crippen LogP contribution < -0.4 is 16.6 Å². The molecule has 0 radical (unpaired) electrons. The van der Waals surface area contributed by atoms with Crippen LogP contribution in [-0.4, -0.2) is 38.8 Å². The van der Waals surface area contributed by atoms with Crippen LogP contribution in [0.3, 0.4) is 0 Å². The summed E-state index contributed by atoms with van der Waals surface area (Å²) >= 11 is 6.00. The highest BCUT2D eigenvalue weighted by Gasteiger charge is 2.23. The molecule has 2 aromatic heterocycles. The van der Waals surface area contributed by atoms with Crippen LogP contribution in [0.4, 0.5) is 5.69 Å². The first-order chi connectivity index (χ1) is 20.7. The maximum Gasteiger partial charge on any atom is 0.338 e. The van der Waals surface area contributed by atoms with E-state index in [4.69, 9.17) is 26.5 Å². The van der Waals surface area contributed by atoms with Crippen LogP contribution in [0.25, 0.3) is 28.6 Å². The highest BCUT2D eigenvalue weighted by molar-refractivity contribution is 6.30. The van der Waals surface area contributed by atoms with Gasteiger partial charge in [0.05, 0.1) is 24.1 Å². The molecule has 0 fully saturated rings. The van der Waals surface area contributed by atoms with E-state index in [1.807, 2.05) is 0 Å². The molecule has 0 bridgehead atoms. The third kappa shape index (κ3) is 6.52. The van der Waals surface area contributed by atoms with Gasteiger partial charge in [-0.1, -0.05) is 41.9 Å². The number of amides is 1. The number of carbonyl (C=O) groups excluding carboxylic acids is 3. The highest BCUT2D eigenvalue weighted by atomic mass is 35.5. The number of hydrogen-bond donors (Lipinski definition) is 2. The van der Waals surface area contributed by atoms with Gasteiger partial charge >= 0.3 is 5.97 Å². The molecule has 0 atom stereocenters. The molecule has 216 valence electrons. The number of halogens is 1. The van der Waals surface area contributed by atoms with Gasteiger partial charge in [-0.05, 0) is 61.0 Å². The Labute approximate surface area is 249 Å². The van der Waals surface area contributed by atoms with Gasteiger partial charge < -0.3 is 20.2 Å². The summed E-state index contributed by atoms with van der Waals surface area (Å²) < 4.78 is 11.8. The number of benzene rings is 3. The Morgan fingerprint density at radius 2 is 1.81 bits per heavy atom. The van der Waals surface area contributed by atoms with Crippen molar-refractivity contribution in [2.75, 3.05) is 12.3 Å². The monoisotopic (exact) mass is 597 g/mol. The summed E-state index contributed by atoms with van der Waals surface area (Å²) in [6, 6.07) is 19.8. The van der Waals surface area contributed by atoms with Gasteiger partial charge in [0, 0.05) is 10.6 Å². The standard InChI is InChI=1S/C31H24ClN5O6/c1-2-42-31(41)20-10-13-25-23(15-20)36-29(43-25)27(39)24(14-18-6-4-3-5-7-18)35-26(38)17-37-28(34-16-22(33)30(37)40)19-8-11-21(32)12-9-19/h3-16H,2,17,33H2,1H3,(H,35,38). The number of oxazole rings is 1. The maximum absolute atomic E-state index is 13.6. The number of anilines is 1. The molecule has 3 aromatic carbocycles. The topological polar surface area (TPSA) is 159 Å². The number of hydrogen-bond acceptors (Lipinski definition) is 9. The number of ether oxygens (including phenoxy) is 1. The zero-order valence-electron chi connectivity index (χ0n) is 22.7. The average molecular weight is 598 g/mol. The number of Topliss-reactive ketones (excluding diaryl/α,β-unsaturated/α-hetero) is 1. The molecule has 0 spiro atoms. The van der Waals surface area contributed by atoms with Gasteiger partial charge in [-0.25, -0.2) is 14.8 Å². The van der Waals surface area contributed by atoms with Gasteiger partial charge in [0.2, 0.25) is 5.91 Å². The molecule has 3 N–H and O–H groups in total. The molecule has 0 unspecified atom stereocenters. The number of nitrogen functional groups attached to an aromatic ring is 1. The lowest BCUT2D eigenvalue weighted by Crippen LogP contribution is -2.35. The molecule has 5 aromatic rings. The molecule has 2 heterocycles. The minimum Gasteiger partial charge on any atom is -0.462 e. The summed E-state index contributed by atoms with van der Waals surface area (Å²) in [6.45, 7) is 1.38. The number of esters is 1. The summed E-state index contributed by atoms with van der Waals surface area (Å²) in [6.07, 6.45) is 2.67. The zero-order chi connectivity index (χ0) is 30.5. The third-order valence-corrected chi connectivity index (χ3v) is 6.45. The van der Waals surface area contributed by atoms with Crippen molar-refractivity contribution in [3.05, 3.63) is 117 Å². The summed E-state index contributed by atoms with van der Waals surface area (Å²) in [7, 11) is 0. The van der Waals surface area contributed by atoms with E-state index in [1.54, 1.807) is 61.5 Å². The van der Waals surface area contributed by atoms with Crippen LogP contribution >= 0.6 is 11.6 Å². The molecule has 12 heteroatoms. The fourth-order valence-corrected chi connectivity index (χ4v) is 4.30. The Morgan fingerprint density at radius 3 is 2.53 bits per heavy atom. The minimum atomic E-state index is -0.734. The normalized spacial score (nSPS) is 11.3. The maximum atomic E-state index is 13.6. The van der Waals surface area contributed by atoms with Crippen molar-refractivity contribution >= 4 is 52.1 Å². The predicted octanol–water partition coefficient (Wildman–Crippen LogP) is 4.50. The van der Waals surface area contributed by atoms with E-state index >= 15 is 0 Å². The van der Waals surface area contributed by atoms with Crippen LogP contribution in [0, 0.1) is 0 Å². The Kier molecular flexibility index (Phi) is 8.44. The second kappa shape index (κ2) is 12.5. The molecule has 0 aliphatic rings. The Hall–Kier alpha value is -5.55. The van der Waals surface area contributed by atoms with E-state index in [1.165, 1.54) is 30.5 Å².